The topological polar surface area (TPSA) is 31.2 Å². The van der Waals surface area contributed by atoms with E-state index in [0.29, 0.717) is 33.2 Å². The van der Waals surface area contributed by atoms with E-state index in [-0.39, 0.29) is 0 Å². The molecule has 0 atom stereocenters. The highest BCUT2D eigenvalue weighted by atomic mass is 35.5. The van der Waals surface area contributed by atoms with Crippen LogP contribution in [0, 0.1) is 0 Å². The number of benzene rings is 2. The minimum atomic E-state index is 0.566. The molecule has 0 unspecified atom stereocenters. The van der Waals surface area contributed by atoms with Crippen molar-refractivity contribution < 1.29 is 0 Å². The van der Waals surface area contributed by atoms with Gasteiger partial charge in [-0.2, -0.15) is 10.2 Å². The summed E-state index contributed by atoms with van der Waals surface area (Å²) in [5.74, 6) is 0. The molecular weight excluding hydrogens is 414 g/mol. The van der Waals surface area contributed by atoms with Crippen molar-refractivity contribution in [3.8, 4) is 0 Å². The quantitative estimate of drug-likeness (QED) is 0.426. The van der Waals surface area contributed by atoms with Gasteiger partial charge in [0.15, 0.2) is 0 Å². The van der Waals surface area contributed by atoms with Crippen molar-refractivity contribution in [2.24, 2.45) is 10.2 Å². The normalized spacial score (nSPS) is 11.5. The lowest BCUT2D eigenvalue weighted by Gasteiger charge is -2.17. The number of rotatable bonds is 7. The van der Waals surface area contributed by atoms with Crippen molar-refractivity contribution in [2.45, 2.75) is 0 Å². The monoisotopic (exact) mass is 430 g/mol. The zero-order valence-electron chi connectivity index (χ0n) is 14.3. The van der Waals surface area contributed by atoms with Crippen molar-refractivity contribution in [1.29, 1.82) is 0 Å². The van der Waals surface area contributed by atoms with Crippen molar-refractivity contribution in [1.82, 2.24) is 10.0 Å². The van der Waals surface area contributed by atoms with Crippen LogP contribution in [0.4, 0.5) is 0 Å². The second-order valence-electron chi connectivity index (χ2n) is 5.58. The van der Waals surface area contributed by atoms with Crippen LogP contribution in [-0.2, 0) is 0 Å². The first-order chi connectivity index (χ1) is 12.3. The van der Waals surface area contributed by atoms with Crippen molar-refractivity contribution in [2.75, 3.05) is 27.2 Å². The average molecular weight is 432 g/mol. The second kappa shape index (κ2) is 10.0. The van der Waals surface area contributed by atoms with Crippen molar-refractivity contribution in [3.05, 3.63) is 67.6 Å². The van der Waals surface area contributed by atoms with Gasteiger partial charge >= 0.3 is 0 Å². The van der Waals surface area contributed by atoms with E-state index in [4.69, 9.17) is 46.4 Å². The molecule has 138 valence electrons. The molecule has 4 nitrogen and oxygen atoms in total. The van der Waals surface area contributed by atoms with Gasteiger partial charge < -0.3 is 0 Å². The van der Waals surface area contributed by atoms with Gasteiger partial charge in [-0.05, 0) is 24.3 Å². The van der Waals surface area contributed by atoms with Crippen molar-refractivity contribution in [3.63, 3.8) is 0 Å². The molecule has 26 heavy (non-hydrogen) atoms. The fourth-order valence-corrected chi connectivity index (χ4v) is 2.85. The summed E-state index contributed by atoms with van der Waals surface area (Å²) in [5.41, 5.74) is 1.62. The van der Waals surface area contributed by atoms with Crippen LogP contribution in [0.15, 0.2) is 46.6 Å². The average Bonchev–Trinajstić information content (AvgIpc) is 2.58. The minimum Gasteiger partial charge on any atom is -0.298 e. The molecular formula is C18H18Cl4N4. The molecule has 2 rings (SSSR count). The minimum absolute atomic E-state index is 0.566. The molecule has 0 N–H and O–H groups in total. The molecule has 0 saturated heterocycles. The first-order valence-corrected chi connectivity index (χ1v) is 9.26. The third kappa shape index (κ3) is 6.69. The Morgan fingerprint density at radius 2 is 1.12 bits per heavy atom. The van der Waals surface area contributed by atoms with Gasteiger partial charge in [-0.15, -0.1) is 0 Å². The van der Waals surface area contributed by atoms with Crippen LogP contribution in [0.25, 0.3) is 0 Å². The fraction of sp³-hybridized carbons (Fsp3) is 0.222. The Hall–Kier alpha value is -1.46. The summed E-state index contributed by atoms with van der Waals surface area (Å²) in [6.07, 6.45) is 3.41. The highest BCUT2D eigenvalue weighted by Crippen LogP contribution is 2.20. The second-order valence-corrected chi connectivity index (χ2v) is 7.27. The van der Waals surface area contributed by atoms with Gasteiger partial charge in [-0.3, -0.25) is 10.0 Å². The van der Waals surface area contributed by atoms with Gasteiger partial charge in [0.2, 0.25) is 0 Å². The number of hydrogen-bond acceptors (Lipinski definition) is 4. The summed E-state index contributed by atoms with van der Waals surface area (Å²) in [7, 11) is 3.77. The van der Waals surface area contributed by atoms with E-state index in [1.165, 1.54) is 0 Å². The van der Waals surface area contributed by atoms with Gasteiger partial charge in [0.25, 0.3) is 0 Å². The van der Waals surface area contributed by atoms with Gasteiger partial charge in [0.1, 0.15) is 0 Å². The largest absolute Gasteiger partial charge is 0.298 e. The summed E-state index contributed by atoms with van der Waals surface area (Å²) >= 11 is 24.0. The predicted molar refractivity (Wildman–Crippen MR) is 113 cm³/mol. The lowest BCUT2D eigenvalue weighted by atomic mass is 10.2. The predicted octanol–water partition coefficient (Wildman–Crippen LogP) is 5.53. The van der Waals surface area contributed by atoms with Crippen LogP contribution < -0.4 is 0 Å². The molecule has 0 fully saturated rings. The molecule has 2 aromatic rings. The third-order valence-electron chi connectivity index (χ3n) is 3.46. The first kappa shape index (κ1) is 20.8. The highest BCUT2D eigenvalue weighted by Gasteiger charge is 2.01. The van der Waals surface area contributed by atoms with Crippen molar-refractivity contribution >= 4 is 58.8 Å². The van der Waals surface area contributed by atoms with Gasteiger partial charge in [-0.1, -0.05) is 58.5 Å². The molecule has 0 aliphatic rings. The molecule has 0 saturated carbocycles. The van der Waals surface area contributed by atoms with Gasteiger partial charge in [0, 0.05) is 35.3 Å². The molecule has 0 aliphatic heterocycles. The van der Waals surface area contributed by atoms with Crippen LogP contribution in [0.2, 0.25) is 20.1 Å². The van der Waals surface area contributed by atoms with Crippen LogP contribution in [-0.4, -0.2) is 49.6 Å². The number of hydrazone groups is 2. The lowest BCUT2D eigenvalue weighted by Crippen LogP contribution is -2.25. The van der Waals surface area contributed by atoms with E-state index in [1.54, 1.807) is 36.7 Å². The SMILES string of the molecule is CN(CCN(C)/N=C\c1ccc(Cl)cc1Cl)/N=C\c1ccc(Cl)cc1Cl. The Bertz CT molecular complexity index is 740. The lowest BCUT2D eigenvalue weighted by molar-refractivity contribution is 0.272. The maximum absolute atomic E-state index is 6.12. The molecule has 0 heterocycles. The van der Waals surface area contributed by atoms with E-state index < -0.39 is 0 Å². The molecule has 0 amide bonds. The Labute approximate surface area is 173 Å². The van der Waals surface area contributed by atoms with Gasteiger partial charge in [0.05, 0.1) is 35.6 Å². The number of halogens is 4. The molecule has 0 aromatic heterocycles. The first-order valence-electron chi connectivity index (χ1n) is 7.75. The Kier molecular flexibility index (Phi) is 8.04. The van der Waals surface area contributed by atoms with Crippen LogP contribution in [0.1, 0.15) is 11.1 Å². The van der Waals surface area contributed by atoms with E-state index in [9.17, 15) is 0 Å². The Morgan fingerprint density at radius 3 is 1.46 bits per heavy atom. The number of hydrogen-bond donors (Lipinski definition) is 0. The maximum Gasteiger partial charge on any atom is 0.0557 e. The highest BCUT2D eigenvalue weighted by molar-refractivity contribution is 6.36. The van der Waals surface area contributed by atoms with Gasteiger partial charge in [-0.25, -0.2) is 0 Å². The number of nitrogens with zero attached hydrogens (tertiary/aromatic N) is 4. The molecule has 0 spiro atoms. The molecule has 0 aliphatic carbocycles. The molecule has 8 heteroatoms. The Morgan fingerprint density at radius 1 is 0.731 bits per heavy atom. The zero-order valence-corrected chi connectivity index (χ0v) is 17.4. The summed E-state index contributed by atoms with van der Waals surface area (Å²) in [6, 6.07) is 10.6. The summed E-state index contributed by atoms with van der Waals surface area (Å²) in [6.45, 7) is 1.37. The van der Waals surface area contributed by atoms with E-state index in [1.807, 2.05) is 36.2 Å². The third-order valence-corrected chi connectivity index (χ3v) is 4.58. The van der Waals surface area contributed by atoms with Crippen LogP contribution in [0.3, 0.4) is 0 Å². The smallest absolute Gasteiger partial charge is 0.0557 e. The van der Waals surface area contributed by atoms with E-state index in [2.05, 4.69) is 10.2 Å². The molecule has 2 aromatic carbocycles. The number of likely N-dealkylation sites (N-methyl/N-ethyl adjacent to an activating group) is 2. The van der Waals surface area contributed by atoms with E-state index >= 15 is 0 Å². The zero-order chi connectivity index (χ0) is 19.1. The van der Waals surface area contributed by atoms with Crippen LogP contribution >= 0.6 is 46.4 Å². The molecule has 0 radical (unpaired) electrons. The summed E-state index contributed by atoms with van der Waals surface area (Å²) in [5, 5.41) is 14.7. The fourth-order valence-electron chi connectivity index (χ4n) is 1.94. The Balaban J connectivity index is 1.85. The summed E-state index contributed by atoms with van der Waals surface area (Å²) < 4.78 is 0. The molecule has 0 bridgehead atoms. The van der Waals surface area contributed by atoms with Crippen LogP contribution in [0.5, 0.6) is 0 Å². The standard InChI is InChI=1S/C18H18Cl4N4/c1-25(23-11-13-3-5-15(19)9-17(13)21)7-8-26(2)24-12-14-4-6-16(20)10-18(14)22/h3-6,9-12H,7-8H2,1-2H3/b23-11-,24-12-. The summed E-state index contributed by atoms with van der Waals surface area (Å²) in [4.78, 5) is 0. The van der Waals surface area contributed by atoms with E-state index in [0.717, 1.165) is 11.1 Å². The maximum atomic E-state index is 6.12.